The highest BCUT2D eigenvalue weighted by molar-refractivity contribution is 5.84. The Morgan fingerprint density at radius 1 is 1.19 bits per heavy atom. The molecule has 2 aliphatic carbocycles. The maximum atomic E-state index is 13.5. The van der Waals surface area contributed by atoms with Crippen LogP contribution in [0.4, 0.5) is 14.9 Å². The van der Waals surface area contributed by atoms with Gasteiger partial charge in [0.1, 0.15) is 11.9 Å². The third-order valence-electron chi connectivity index (χ3n) is 9.30. The summed E-state index contributed by atoms with van der Waals surface area (Å²) in [5, 5.41) is 33.8. The zero-order chi connectivity index (χ0) is 26.1. The molecule has 200 valence electrons. The number of anilines is 1. The van der Waals surface area contributed by atoms with Gasteiger partial charge in [-0.2, -0.15) is 0 Å². The van der Waals surface area contributed by atoms with Crippen LogP contribution >= 0.6 is 0 Å². The summed E-state index contributed by atoms with van der Waals surface area (Å²) < 4.78 is 19.3. The van der Waals surface area contributed by atoms with Gasteiger partial charge in [0.15, 0.2) is 0 Å². The molecule has 36 heavy (non-hydrogen) atoms. The third-order valence-corrected chi connectivity index (χ3v) is 9.30. The van der Waals surface area contributed by atoms with E-state index in [0.717, 1.165) is 12.8 Å². The van der Waals surface area contributed by atoms with Crippen molar-refractivity contribution < 1.29 is 34.0 Å². The van der Waals surface area contributed by atoms with Crippen LogP contribution < -0.4 is 5.32 Å². The lowest BCUT2D eigenvalue weighted by molar-refractivity contribution is -0.186. The van der Waals surface area contributed by atoms with E-state index in [0.29, 0.717) is 32.2 Å². The smallest absolute Gasteiger partial charge is 0.411 e. The van der Waals surface area contributed by atoms with E-state index in [-0.39, 0.29) is 49.1 Å². The number of fused-ring (bicyclic) bond motifs is 1. The van der Waals surface area contributed by atoms with Crippen molar-refractivity contribution in [2.75, 3.05) is 25.1 Å². The second-order valence-corrected chi connectivity index (χ2v) is 11.3. The van der Waals surface area contributed by atoms with Crippen molar-refractivity contribution in [3.05, 3.63) is 30.1 Å². The predicted octanol–water partition coefficient (Wildman–Crippen LogP) is 3.30. The molecule has 3 fully saturated rings. The van der Waals surface area contributed by atoms with E-state index in [1.54, 1.807) is 11.0 Å². The summed E-state index contributed by atoms with van der Waals surface area (Å²) in [4.78, 5) is 27.6. The van der Waals surface area contributed by atoms with Crippen LogP contribution in [-0.2, 0) is 9.53 Å². The highest BCUT2D eigenvalue weighted by Gasteiger charge is 2.60. The van der Waals surface area contributed by atoms with Crippen LogP contribution in [-0.4, -0.2) is 70.2 Å². The lowest BCUT2D eigenvalue weighted by Gasteiger charge is -2.60. The molecule has 0 spiro atoms. The van der Waals surface area contributed by atoms with E-state index >= 15 is 0 Å². The topological polar surface area (TPSA) is 119 Å². The lowest BCUT2D eigenvalue weighted by atomic mass is 9.46. The first-order valence-corrected chi connectivity index (χ1v) is 13.0. The minimum atomic E-state index is -0.769. The van der Waals surface area contributed by atoms with Crippen molar-refractivity contribution in [2.24, 2.45) is 22.7 Å². The summed E-state index contributed by atoms with van der Waals surface area (Å²) in [5.41, 5.74) is -0.915. The number of halogens is 1. The molecule has 0 bridgehead atoms. The normalized spacial score (nSPS) is 36.3. The fourth-order valence-electron chi connectivity index (χ4n) is 7.28. The Bertz CT molecular complexity index is 962. The summed E-state index contributed by atoms with van der Waals surface area (Å²) in [5.74, 6) is -0.890. The van der Waals surface area contributed by atoms with Crippen molar-refractivity contribution in [3.63, 3.8) is 0 Å². The van der Waals surface area contributed by atoms with Gasteiger partial charge in [-0.05, 0) is 74.0 Å². The number of nitrogens with zero attached hydrogens (tertiary/aromatic N) is 1. The van der Waals surface area contributed by atoms with Crippen LogP contribution in [0, 0.1) is 28.5 Å². The van der Waals surface area contributed by atoms with E-state index in [4.69, 9.17) is 4.74 Å². The standard InChI is InChI=1S/C27H39FN2O6/c1-26-11-10-23(36-25(35)29-18-6-3-5-17(28)13-18)27(2,16-32)22(26)9-8-21(33)20(26)14-24(34)30-12-4-7-19(30)15-31/h3,5-6,13,19-23,31-33H,4,7-12,14-16H2,1-2H3,(H,29,35). The fourth-order valence-corrected chi connectivity index (χ4v) is 7.28. The Kier molecular flexibility index (Phi) is 7.92. The summed E-state index contributed by atoms with van der Waals surface area (Å²) in [6.07, 6.45) is 2.17. The van der Waals surface area contributed by atoms with Crippen molar-refractivity contribution in [1.29, 1.82) is 0 Å². The van der Waals surface area contributed by atoms with Crippen LogP contribution in [0.5, 0.6) is 0 Å². The van der Waals surface area contributed by atoms with Gasteiger partial charge in [0.25, 0.3) is 0 Å². The Balaban J connectivity index is 1.50. The number of hydrogen-bond donors (Lipinski definition) is 4. The monoisotopic (exact) mass is 506 g/mol. The minimum Gasteiger partial charge on any atom is -0.445 e. The van der Waals surface area contributed by atoms with Gasteiger partial charge >= 0.3 is 6.09 Å². The molecule has 9 heteroatoms. The first-order chi connectivity index (χ1) is 17.1. The van der Waals surface area contributed by atoms with Gasteiger partial charge in [0.05, 0.1) is 25.4 Å². The molecule has 7 atom stereocenters. The number of hydrogen-bond acceptors (Lipinski definition) is 6. The quantitative estimate of drug-likeness (QED) is 0.470. The van der Waals surface area contributed by atoms with E-state index in [2.05, 4.69) is 12.2 Å². The van der Waals surface area contributed by atoms with Crippen LogP contribution in [0.3, 0.4) is 0 Å². The molecule has 2 amide bonds. The molecule has 7 unspecified atom stereocenters. The second kappa shape index (κ2) is 10.6. The van der Waals surface area contributed by atoms with Gasteiger partial charge < -0.3 is 25.0 Å². The molecule has 4 rings (SSSR count). The summed E-state index contributed by atoms with van der Waals surface area (Å²) in [7, 11) is 0. The molecule has 3 aliphatic rings. The number of carbonyl (C=O) groups is 2. The van der Waals surface area contributed by atoms with E-state index in [1.807, 2.05) is 6.92 Å². The molecule has 0 aromatic heterocycles. The predicted molar refractivity (Wildman–Crippen MR) is 131 cm³/mol. The number of ether oxygens (including phenoxy) is 1. The first kappa shape index (κ1) is 26.8. The number of amides is 2. The average Bonchev–Trinajstić information content (AvgIpc) is 3.32. The molecule has 4 N–H and O–H groups in total. The maximum absolute atomic E-state index is 13.5. The Hall–Kier alpha value is -2.23. The van der Waals surface area contributed by atoms with Gasteiger partial charge in [-0.1, -0.05) is 19.9 Å². The third kappa shape index (κ3) is 4.97. The molecular formula is C27H39FN2O6. The summed E-state index contributed by atoms with van der Waals surface area (Å²) in [6, 6.07) is 5.39. The number of aliphatic hydroxyl groups excluding tert-OH is 3. The maximum Gasteiger partial charge on any atom is 0.411 e. The number of aliphatic hydroxyl groups is 3. The van der Waals surface area contributed by atoms with Crippen molar-refractivity contribution in [3.8, 4) is 0 Å². The highest BCUT2D eigenvalue weighted by Crippen LogP contribution is 2.61. The Morgan fingerprint density at radius 2 is 1.97 bits per heavy atom. The number of benzene rings is 1. The van der Waals surface area contributed by atoms with Gasteiger partial charge in [-0.3, -0.25) is 10.1 Å². The van der Waals surface area contributed by atoms with E-state index < -0.39 is 34.9 Å². The van der Waals surface area contributed by atoms with E-state index in [1.165, 1.54) is 18.2 Å². The molecule has 8 nitrogen and oxygen atoms in total. The summed E-state index contributed by atoms with van der Waals surface area (Å²) >= 11 is 0. The van der Waals surface area contributed by atoms with Crippen LogP contribution in [0.25, 0.3) is 0 Å². The zero-order valence-corrected chi connectivity index (χ0v) is 21.2. The summed E-state index contributed by atoms with van der Waals surface area (Å²) in [6.45, 7) is 4.35. The molecule has 0 radical (unpaired) electrons. The lowest BCUT2D eigenvalue weighted by Crippen LogP contribution is -2.61. The van der Waals surface area contributed by atoms with Crippen LogP contribution in [0.2, 0.25) is 0 Å². The molecule has 1 aromatic rings. The van der Waals surface area contributed by atoms with Crippen molar-refractivity contribution in [1.82, 2.24) is 4.90 Å². The SMILES string of the molecule is CC1(CO)C(OC(=O)Nc2cccc(F)c2)CCC2(C)C(CC(=O)N3CCCC3CO)C(O)CCC12. The van der Waals surface area contributed by atoms with Gasteiger partial charge in [-0.15, -0.1) is 0 Å². The van der Waals surface area contributed by atoms with Crippen LogP contribution in [0.15, 0.2) is 24.3 Å². The zero-order valence-electron chi connectivity index (χ0n) is 21.2. The number of likely N-dealkylation sites (tertiary alicyclic amines) is 1. The number of nitrogens with one attached hydrogen (secondary N) is 1. The van der Waals surface area contributed by atoms with Crippen molar-refractivity contribution in [2.45, 2.75) is 77.0 Å². The number of carbonyl (C=O) groups excluding carboxylic acids is 2. The van der Waals surface area contributed by atoms with Crippen molar-refractivity contribution >= 4 is 17.7 Å². The molecule has 1 saturated heterocycles. The number of rotatable bonds is 6. The second-order valence-electron chi connectivity index (χ2n) is 11.3. The van der Waals surface area contributed by atoms with Crippen LogP contribution in [0.1, 0.15) is 58.8 Å². The average molecular weight is 507 g/mol. The van der Waals surface area contributed by atoms with Gasteiger partial charge in [-0.25, -0.2) is 9.18 Å². The highest BCUT2D eigenvalue weighted by atomic mass is 19.1. The first-order valence-electron chi connectivity index (χ1n) is 13.0. The fraction of sp³-hybridized carbons (Fsp3) is 0.704. The largest absolute Gasteiger partial charge is 0.445 e. The van der Waals surface area contributed by atoms with Gasteiger partial charge in [0.2, 0.25) is 5.91 Å². The van der Waals surface area contributed by atoms with Gasteiger partial charge in [0, 0.05) is 24.1 Å². The molecule has 1 aromatic carbocycles. The minimum absolute atomic E-state index is 0.0454. The Labute approximate surface area is 211 Å². The molecule has 2 saturated carbocycles. The Morgan fingerprint density at radius 3 is 2.67 bits per heavy atom. The molecule has 1 aliphatic heterocycles. The molecule has 1 heterocycles. The van der Waals surface area contributed by atoms with E-state index in [9.17, 15) is 29.3 Å². The molecular weight excluding hydrogens is 467 g/mol.